The first kappa shape index (κ1) is 15.9. The smallest absolute Gasteiger partial charge is 0.387 e. The van der Waals surface area contributed by atoms with Gasteiger partial charge in [-0.05, 0) is 12.1 Å². The number of rotatable bonds is 7. The molecule has 0 atom stereocenters. The molecule has 0 saturated carbocycles. The predicted molar refractivity (Wildman–Crippen MR) is 60.2 cm³/mol. The molecule has 0 unspecified atom stereocenters. The third kappa shape index (κ3) is 5.21. The van der Waals surface area contributed by atoms with Crippen molar-refractivity contribution in [1.29, 1.82) is 0 Å². The lowest BCUT2D eigenvalue weighted by molar-refractivity contribution is -0.138. The van der Waals surface area contributed by atoms with E-state index < -0.39 is 24.9 Å². The molecule has 0 spiro atoms. The van der Waals surface area contributed by atoms with Crippen LogP contribution in [0, 0.1) is 0 Å². The number of benzene rings is 1. The zero-order chi connectivity index (χ0) is 15.1. The fourth-order valence-corrected chi connectivity index (χ4v) is 1.26. The summed E-state index contributed by atoms with van der Waals surface area (Å²) in [6.07, 6.45) is 0. The van der Waals surface area contributed by atoms with E-state index in [0.29, 0.717) is 0 Å². The Labute approximate surface area is 111 Å². The van der Waals surface area contributed by atoms with E-state index in [0.717, 1.165) is 19.2 Å². The number of alkyl halides is 4. The lowest BCUT2D eigenvalue weighted by Crippen LogP contribution is -2.16. The molecule has 0 saturated heterocycles. The van der Waals surface area contributed by atoms with Crippen LogP contribution in [0.4, 0.5) is 23.2 Å². The highest BCUT2D eigenvalue weighted by molar-refractivity contribution is 5.76. The SMILES string of the molecule is COC(=O)CNc1ccc(OC(F)F)cc1OC(F)F. The Balaban J connectivity index is 2.88. The first-order valence-electron chi connectivity index (χ1n) is 5.26. The second kappa shape index (κ2) is 7.41. The minimum Gasteiger partial charge on any atom is -0.468 e. The predicted octanol–water partition coefficient (Wildman–Crippen LogP) is 2.47. The second-order valence-electron chi connectivity index (χ2n) is 3.34. The molecule has 0 aromatic heterocycles. The third-order valence-electron chi connectivity index (χ3n) is 2.05. The van der Waals surface area contributed by atoms with Crippen molar-refractivity contribution in [2.75, 3.05) is 19.0 Å². The minimum atomic E-state index is -3.16. The molecule has 0 aliphatic rings. The van der Waals surface area contributed by atoms with Crippen LogP contribution in [0.2, 0.25) is 0 Å². The lowest BCUT2D eigenvalue weighted by atomic mass is 10.2. The van der Waals surface area contributed by atoms with Gasteiger partial charge in [0.1, 0.15) is 12.3 Å². The zero-order valence-electron chi connectivity index (χ0n) is 10.2. The van der Waals surface area contributed by atoms with Crippen LogP contribution in [0.15, 0.2) is 18.2 Å². The van der Waals surface area contributed by atoms with Gasteiger partial charge in [0, 0.05) is 6.07 Å². The van der Waals surface area contributed by atoms with Gasteiger partial charge >= 0.3 is 19.2 Å². The number of anilines is 1. The molecule has 112 valence electrons. The van der Waals surface area contributed by atoms with Gasteiger partial charge < -0.3 is 19.5 Å². The highest BCUT2D eigenvalue weighted by atomic mass is 19.3. The van der Waals surface area contributed by atoms with Crippen LogP contribution >= 0.6 is 0 Å². The summed E-state index contributed by atoms with van der Waals surface area (Å²) in [5.74, 6) is -1.41. The van der Waals surface area contributed by atoms with E-state index in [9.17, 15) is 22.4 Å². The number of ether oxygens (including phenoxy) is 3. The van der Waals surface area contributed by atoms with Gasteiger partial charge in [-0.3, -0.25) is 4.79 Å². The van der Waals surface area contributed by atoms with Crippen LogP contribution in [0.5, 0.6) is 11.5 Å². The van der Waals surface area contributed by atoms with E-state index in [1.165, 1.54) is 6.07 Å². The van der Waals surface area contributed by atoms with Crippen molar-refractivity contribution < 1.29 is 36.6 Å². The first-order chi connectivity index (χ1) is 9.42. The van der Waals surface area contributed by atoms with Gasteiger partial charge in [-0.2, -0.15) is 17.6 Å². The summed E-state index contributed by atoms with van der Waals surface area (Å²) in [6, 6.07) is 3.14. The molecule has 0 amide bonds. The molecule has 1 N–H and O–H groups in total. The maximum absolute atomic E-state index is 12.2. The van der Waals surface area contributed by atoms with Gasteiger partial charge in [0.2, 0.25) is 0 Å². The maximum Gasteiger partial charge on any atom is 0.387 e. The number of carbonyl (C=O) groups is 1. The summed E-state index contributed by atoms with van der Waals surface area (Å²) in [4.78, 5) is 10.9. The molecule has 0 aliphatic heterocycles. The van der Waals surface area contributed by atoms with Crippen molar-refractivity contribution >= 4 is 11.7 Å². The van der Waals surface area contributed by atoms with Crippen molar-refractivity contribution in [3.63, 3.8) is 0 Å². The number of hydrogen-bond acceptors (Lipinski definition) is 5. The largest absolute Gasteiger partial charge is 0.468 e. The van der Waals surface area contributed by atoms with E-state index >= 15 is 0 Å². The van der Waals surface area contributed by atoms with Crippen LogP contribution in [0.1, 0.15) is 0 Å². The summed E-state index contributed by atoms with van der Waals surface area (Å²) in [7, 11) is 1.15. The van der Waals surface area contributed by atoms with Gasteiger partial charge in [-0.1, -0.05) is 0 Å². The normalized spacial score (nSPS) is 10.6. The van der Waals surface area contributed by atoms with Crippen molar-refractivity contribution in [2.45, 2.75) is 13.2 Å². The molecular formula is C11H11F4NO4. The van der Waals surface area contributed by atoms with Gasteiger partial charge in [-0.15, -0.1) is 0 Å². The molecule has 1 rings (SSSR count). The Morgan fingerprint density at radius 2 is 1.85 bits per heavy atom. The maximum atomic E-state index is 12.2. The minimum absolute atomic E-state index is 0.0114. The molecular weight excluding hydrogens is 286 g/mol. The van der Waals surface area contributed by atoms with E-state index in [-0.39, 0.29) is 18.0 Å². The van der Waals surface area contributed by atoms with Crippen molar-refractivity contribution in [1.82, 2.24) is 0 Å². The standard InChI is InChI=1S/C11H11F4NO4/c1-18-9(17)5-16-7-3-2-6(19-10(12)13)4-8(7)20-11(14)15/h2-4,10-11,16H,5H2,1H3. The van der Waals surface area contributed by atoms with Crippen molar-refractivity contribution in [2.24, 2.45) is 0 Å². The molecule has 1 aromatic rings. The fraction of sp³-hybridized carbons (Fsp3) is 0.364. The topological polar surface area (TPSA) is 56.8 Å². The monoisotopic (exact) mass is 297 g/mol. The highest BCUT2D eigenvalue weighted by Crippen LogP contribution is 2.31. The van der Waals surface area contributed by atoms with Gasteiger partial charge in [0.15, 0.2) is 5.75 Å². The Kier molecular flexibility index (Phi) is 5.88. The number of hydrogen-bond donors (Lipinski definition) is 1. The van der Waals surface area contributed by atoms with Gasteiger partial charge in [-0.25, -0.2) is 0 Å². The second-order valence-corrected chi connectivity index (χ2v) is 3.34. The van der Waals surface area contributed by atoms with Crippen LogP contribution < -0.4 is 14.8 Å². The van der Waals surface area contributed by atoms with E-state index in [4.69, 9.17) is 0 Å². The molecule has 5 nitrogen and oxygen atoms in total. The molecule has 9 heteroatoms. The molecule has 0 aliphatic carbocycles. The molecule has 0 fully saturated rings. The molecule has 0 radical (unpaired) electrons. The number of nitrogens with one attached hydrogen (secondary N) is 1. The first-order valence-corrected chi connectivity index (χ1v) is 5.26. The van der Waals surface area contributed by atoms with Gasteiger partial charge in [0.25, 0.3) is 0 Å². The quantitative estimate of drug-likeness (QED) is 0.619. The number of halogens is 4. The molecule has 1 aromatic carbocycles. The van der Waals surface area contributed by atoms with E-state index in [1.807, 2.05) is 0 Å². The zero-order valence-corrected chi connectivity index (χ0v) is 10.2. The summed E-state index contributed by atoms with van der Waals surface area (Å²) in [5, 5.41) is 2.47. The summed E-state index contributed by atoms with van der Waals surface area (Å²) in [6.45, 7) is -6.55. The highest BCUT2D eigenvalue weighted by Gasteiger charge is 2.14. The number of methoxy groups -OCH3 is 1. The lowest BCUT2D eigenvalue weighted by Gasteiger charge is -2.14. The van der Waals surface area contributed by atoms with Crippen LogP contribution in [0.3, 0.4) is 0 Å². The van der Waals surface area contributed by atoms with Crippen molar-refractivity contribution in [3.05, 3.63) is 18.2 Å². The Hall–Kier alpha value is -2.19. The number of carbonyl (C=O) groups excluding carboxylic acids is 1. The Morgan fingerprint density at radius 3 is 2.40 bits per heavy atom. The van der Waals surface area contributed by atoms with Crippen LogP contribution in [-0.2, 0) is 9.53 Å². The molecule has 0 heterocycles. The van der Waals surface area contributed by atoms with E-state index in [2.05, 4.69) is 19.5 Å². The molecule has 20 heavy (non-hydrogen) atoms. The van der Waals surface area contributed by atoms with Crippen LogP contribution in [0.25, 0.3) is 0 Å². The summed E-state index contributed by atoms with van der Waals surface area (Å²) < 4.78 is 61.1. The average molecular weight is 297 g/mol. The van der Waals surface area contributed by atoms with E-state index in [1.54, 1.807) is 0 Å². The fourth-order valence-electron chi connectivity index (χ4n) is 1.26. The third-order valence-corrected chi connectivity index (χ3v) is 2.05. The number of esters is 1. The molecule has 0 bridgehead atoms. The van der Waals surface area contributed by atoms with Crippen LogP contribution in [-0.4, -0.2) is 32.8 Å². The summed E-state index contributed by atoms with van der Waals surface area (Å²) in [5.41, 5.74) is 0.0114. The van der Waals surface area contributed by atoms with Gasteiger partial charge in [0.05, 0.1) is 12.8 Å². The van der Waals surface area contributed by atoms with Crippen molar-refractivity contribution in [3.8, 4) is 11.5 Å². The average Bonchev–Trinajstić information content (AvgIpc) is 2.36. The Bertz CT molecular complexity index is 456. The summed E-state index contributed by atoms with van der Waals surface area (Å²) >= 11 is 0. The Morgan fingerprint density at radius 1 is 1.20 bits per heavy atom.